The second kappa shape index (κ2) is 5.92. The van der Waals surface area contributed by atoms with Gasteiger partial charge in [0, 0.05) is 5.56 Å². The van der Waals surface area contributed by atoms with Gasteiger partial charge in [0.15, 0.2) is 0 Å². The molecule has 0 aromatic heterocycles. The summed E-state index contributed by atoms with van der Waals surface area (Å²) >= 11 is 0. The molecule has 0 saturated heterocycles. The van der Waals surface area contributed by atoms with E-state index in [4.69, 9.17) is 4.74 Å². The second-order valence-corrected chi connectivity index (χ2v) is 5.95. The summed E-state index contributed by atoms with van der Waals surface area (Å²) in [7, 11) is 0. The van der Waals surface area contributed by atoms with Crippen LogP contribution in [0.1, 0.15) is 30.4 Å². The van der Waals surface area contributed by atoms with E-state index < -0.39 is 0 Å². The molecule has 1 aliphatic rings. The molecule has 2 atom stereocenters. The van der Waals surface area contributed by atoms with E-state index in [0.717, 1.165) is 17.7 Å². The molecule has 0 aliphatic carbocycles. The SMILES string of the molecule is CCC1Oc2cc[c]c(-c3ccccc3)c2C1c1ccccc1. The van der Waals surface area contributed by atoms with Crippen LogP contribution in [0.3, 0.4) is 0 Å². The monoisotopic (exact) mass is 299 g/mol. The summed E-state index contributed by atoms with van der Waals surface area (Å²) in [6.07, 6.45) is 1.17. The molecule has 0 bridgehead atoms. The Morgan fingerprint density at radius 2 is 1.61 bits per heavy atom. The van der Waals surface area contributed by atoms with Crippen LogP contribution in [0.5, 0.6) is 5.75 Å². The van der Waals surface area contributed by atoms with E-state index in [-0.39, 0.29) is 12.0 Å². The Bertz CT molecular complexity index is 793. The summed E-state index contributed by atoms with van der Waals surface area (Å²) in [5.41, 5.74) is 4.95. The van der Waals surface area contributed by atoms with Crippen molar-refractivity contribution in [3.8, 4) is 16.9 Å². The summed E-state index contributed by atoms with van der Waals surface area (Å²) in [5, 5.41) is 0. The Morgan fingerprint density at radius 3 is 2.30 bits per heavy atom. The minimum Gasteiger partial charge on any atom is -0.489 e. The van der Waals surface area contributed by atoms with E-state index in [1.807, 2.05) is 18.2 Å². The molecule has 1 heterocycles. The molecule has 0 fully saturated rings. The molecular weight excluding hydrogens is 280 g/mol. The van der Waals surface area contributed by atoms with E-state index in [2.05, 4.69) is 67.6 Å². The van der Waals surface area contributed by atoms with Gasteiger partial charge in [0.05, 0.1) is 5.92 Å². The predicted molar refractivity (Wildman–Crippen MR) is 93.7 cm³/mol. The lowest BCUT2D eigenvalue weighted by atomic mass is 9.83. The standard InChI is InChI=1S/C22H19O/c1-2-19-21(17-12-7-4-8-13-17)22-18(14-9-15-20(22)23-19)16-10-5-3-6-11-16/h3-13,15,19,21H,2H2,1H3. The maximum Gasteiger partial charge on any atom is 0.124 e. The van der Waals surface area contributed by atoms with Gasteiger partial charge in [-0.25, -0.2) is 0 Å². The van der Waals surface area contributed by atoms with Crippen molar-refractivity contribution in [3.63, 3.8) is 0 Å². The van der Waals surface area contributed by atoms with E-state index in [0.29, 0.717) is 0 Å². The van der Waals surface area contributed by atoms with Gasteiger partial charge >= 0.3 is 0 Å². The van der Waals surface area contributed by atoms with Gasteiger partial charge in [-0.05, 0) is 35.2 Å². The molecule has 23 heavy (non-hydrogen) atoms. The van der Waals surface area contributed by atoms with E-state index >= 15 is 0 Å². The first-order chi connectivity index (χ1) is 11.4. The molecule has 0 amide bonds. The van der Waals surface area contributed by atoms with Gasteiger partial charge in [-0.1, -0.05) is 73.7 Å². The van der Waals surface area contributed by atoms with Crippen LogP contribution < -0.4 is 4.74 Å². The van der Waals surface area contributed by atoms with Crippen LogP contribution in [-0.2, 0) is 0 Å². The third kappa shape index (κ3) is 2.43. The Hall–Kier alpha value is -2.54. The van der Waals surface area contributed by atoms with E-state index in [1.54, 1.807) is 0 Å². The Labute approximate surface area is 137 Å². The molecule has 1 radical (unpaired) electrons. The van der Waals surface area contributed by atoms with Gasteiger partial charge in [0.2, 0.25) is 0 Å². The van der Waals surface area contributed by atoms with Crippen molar-refractivity contribution in [1.82, 2.24) is 0 Å². The van der Waals surface area contributed by atoms with Gasteiger partial charge < -0.3 is 4.74 Å². The van der Waals surface area contributed by atoms with Crippen LogP contribution in [-0.4, -0.2) is 6.10 Å². The molecule has 2 unspecified atom stereocenters. The molecule has 1 nitrogen and oxygen atoms in total. The van der Waals surface area contributed by atoms with E-state index in [9.17, 15) is 0 Å². The largest absolute Gasteiger partial charge is 0.489 e. The highest BCUT2D eigenvalue weighted by atomic mass is 16.5. The van der Waals surface area contributed by atoms with Gasteiger partial charge in [-0.15, -0.1) is 0 Å². The molecule has 1 aliphatic heterocycles. The molecule has 3 aromatic rings. The Morgan fingerprint density at radius 1 is 0.913 bits per heavy atom. The van der Waals surface area contributed by atoms with Crippen molar-refractivity contribution in [2.75, 3.05) is 0 Å². The van der Waals surface area contributed by atoms with Crippen molar-refractivity contribution >= 4 is 0 Å². The Kier molecular flexibility index (Phi) is 3.63. The minimum absolute atomic E-state index is 0.186. The third-order valence-electron chi connectivity index (χ3n) is 4.58. The fraction of sp³-hybridized carbons (Fsp3) is 0.182. The topological polar surface area (TPSA) is 9.23 Å². The highest BCUT2D eigenvalue weighted by Crippen LogP contribution is 2.47. The number of benzene rings is 3. The first kappa shape index (κ1) is 14.1. The van der Waals surface area contributed by atoms with Crippen LogP contribution in [0.2, 0.25) is 0 Å². The number of fused-ring (bicyclic) bond motifs is 1. The van der Waals surface area contributed by atoms with Crippen molar-refractivity contribution in [1.29, 1.82) is 0 Å². The van der Waals surface area contributed by atoms with Crippen LogP contribution >= 0.6 is 0 Å². The fourth-order valence-electron chi connectivity index (χ4n) is 3.52. The van der Waals surface area contributed by atoms with Crippen LogP contribution in [0.4, 0.5) is 0 Å². The molecule has 0 saturated carbocycles. The summed E-state index contributed by atoms with van der Waals surface area (Å²) in [6, 6.07) is 28.6. The minimum atomic E-state index is 0.186. The molecular formula is C22H19O. The molecule has 113 valence electrons. The molecule has 0 spiro atoms. The molecule has 3 aromatic carbocycles. The quantitative estimate of drug-likeness (QED) is 0.624. The Balaban J connectivity index is 1.91. The van der Waals surface area contributed by atoms with Crippen molar-refractivity contribution in [3.05, 3.63) is 90.0 Å². The van der Waals surface area contributed by atoms with Crippen LogP contribution in [0.25, 0.3) is 11.1 Å². The molecule has 1 heteroatoms. The van der Waals surface area contributed by atoms with Crippen LogP contribution in [0.15, 0.2) is 72.8 Å². The zero-order chi connectivity index (χ0) is 15.6. The lowest BCUT2D eigenvalue weighted by Gasteiger charge is -2.19. The average Bonchev–Trinajstić information content (AvgIpc) is 3.02. The maximum atomic E-state index is 6.27. The van der Waals surface area contributed by atoms with Gasteiger partial charge in [0.1, 0.15) is 11.9 Å². The predicted octanol–water partition coefficient (Wildman–Crippen LogP) is 5.46. The molecule has 0 N–H and O–H groups in total. The average molecular weight is 299 g/mol. The number of hydrogen-bond donors (Lipinski definition) is 0. The normalized spacial score (nSPS) is 19.2. The summed E-state index contributed by atoms with van der Waals surface area (Å²) in [5.74, 6) is 1.27. The highest BCUT2D eigenvalue weighted by molar-refractivity contribution is 5.72. The highest BCUT2D eigenvalue weighted by Gasteiger charge is 2.36. The van der Waals surface area contributed by atoms with Crippen molar-refractivity contribution < 1.29 is 4.74 Å². The molecule has 4 rings (SSSR count). The van der Waals surface area contributed by atoms with Crippen molar-refractivity contribution in [2.24, 2.45) is 0 Å². The lowest BCUT2D eigenvalue weighted by Crippen LogP contribution is -2.18. The first-order valence-electron chi connectivity index (χ1n) is 8.20. The maximum absolute atomic E-state index is 6.27. The number of hydrogen-bond acceptors (Lipinski definition) is 1. The summed E-state index contributed by atoms with van der Waals surface area (Å²) in [4.78, 5) is 0. The van der Waals surface area contributed by atoms with Gasteiger partial charge in [-0.3, -0.25) is 0 Å². The first-order valence-corrected chi connectivity index (χ1v) is 8.20. The van der Waals surface area contributed by atoms with Crippen molar-refractivity contribution in [2.45, 2.75) is 25.4 Å². The number of ether oxygens (including phenoxy) is 1. The van der Waals surface area contributed by atoms with Gasteiger partial charge in [-0.2, -0.15) is 0 Å². The third-order valence-corrected chi connectivity index (χ3v) is 4.58. The van der Waals surface area contributed by atoms with E-state index in [1.165, 1.54) is 16.7 Å². The van der Waals surface area contributed by atoms with Crippen LogP contribution in [0, 0.1) is 6.07 Å². The summed E-state index contributed by atoms with van der Waals surface area (Å²) in [6.45, 7) is 2.19. The second-order valence-electron chi connectivity index (χ2n) is 5.95. The lowest BCUT2D eigenvalue weighted by molar-refractivity contribution is 0.212. The zero-order valence-electron chi connectivity index (χ0n) is 13.2. The fourth-order valence-corrected chi connectivity index (χ4v) is 3.52. The van der Waals surface area contributed by atoms with Gasteiger partial charge in [0.25, 0.3) is 0 Å². The zero-order valence-corrected chi connectivity index (χ0v) is 13.2. The smallest absolute Gasteiger partial charge is 0.124 e. The summed E-state index contributed by atoms with van der Waals surface area (Å²) < 4.78 is 6.27. The number of rotatable bonds is 3.